The molecule has 3 rings (SSSR count). The minimum Gasteiger partial charge on any atom is -0.313 e. The Hall–Kier alpha value is -2.07. The van der Waals surface area contributed by atoms with Crippen molar-refractivity contribution in [1.82, 2.24) is 9.13 Å². The zero-order chi connectivity index (χ0) is 17.3. The number of aromatic nitrogens is 2. The number of aryl methyl sites for hydroxylation is 1. The van der Waals surface area contributed by atoms with Crippen molar-refractivity contribution >= 4 is 24.0 Å². The lowest BCUT2D eigenvalue weighted by atomic mass is 10.1. The Morgan fingerprint density at radius 1 is 1.38 bits per heavy atom. The molecule has 3 nitrogen and oxygen atoms in total. The maximum atomic E-state index is 5.00. The monoisotopic (exact) mass is 339 g/mol. The molecule has 126 valence electrons. The number of allylic oxidation sites excluding steroid dienone is 2. The Labute approximate surface area is 147 Å². The van der Waals surface area contributed by atoms with E-state index >= 15 is 0 Å². The van der Waals surface area contributed by atoms with Gasteiger partial charge in [0.2, 0.25) is 5.62 Å². The van der Waals surface area contributed by atoms with E-state index in [1.54, 1.807) is 11.3 Å². The van der Waals surface area contributed by atoms with Crippen molar-refractivity contribution in [3.63, 3.8) is 0 Å². The summed E-state index contributed by atoms with van der Waals surface area (Å²) in [5.41, 5.74) is 2.29. The number of thiophene rings is 1. The maximum absolute atomic E-state index is 5.00. The molecule has 0 fully saturated rings. The van der Waals surface area contributed by atoms with Gasteiger partial charge in [0.05, 0.1) is 16.7 Å². The first-order chi connectivity index (χ1) is 11.5. The van der Waals surface area contributed by atoms with Crippen molar-refractivity contribution in [2.75, 3.05) is 0 Å². The Balaban J connectivity index is 2.25. The van der Waals surface area contributed by atoms with Crippen LogP contribution >= 0.6 is 11.3 Å². The first-order valence-electron chi connectivity index (χ1n) is 8.38. The number of rotatable bonds is 3. The fourth-order valence-corrected chi connectivity index (χ4v) is 3.90. The van der Waals surface area contributed by atoms with Gasteiger partial charge in [0.15, 0.2) is 0 Å². The number of nitrogens with zero attached hydrogens (tertiary/aromatic N) is 3. The van der Waals surface area contributed by atoms with Crippen molar-refractivity contribution in [3.8, 4) is 0 Å². The summed E-state index contributed by atoms with van der Waals surface area (Å²) in [5.74, 6) is 0. The van der Waals surface area contributed by atoms with Crippen LogP contribution in [0.1, 0.15) is 36.8 Å². The summed E-state index contributed by atoms with van der Waals surface area (Å²) in [5, 5.41) is 4.28. The Morgan fingerprint density at radius 3 is 2.75 bits per heavy atom. The molecule has 0 bridgehead atoms. The highest BCUT2D eigenvalue weighted by molar-refractivity contribution is 7.11. The van der Waals surface area contributed by atoms with E-state index in [-0.39, 0.29) is 6.04 Å². The molecule has 0 amide bonds. The molecule has 2 heterocycles. The predicted molar refractivity (Wildman–Crippen MR) is 103 cm³/mol. The summed E-state index contributed by atoms with van der Waals surface area (Å²) in [6, 6.07) is 2.67. The van der Waals surface area contributed by atoms with E-state index < -0.39 is 0 Å². The van der Waals surface area contributed by atoms with E-state index in [9.17, 15) is 0 Å². The normalized spacial score (nSPS) is 19.0. The lowest BCUT2D eigenvalue weighted by Gasteiger charge is -2.11. The molecule has 1 atom stereocenters. The molecule has 0 N–H and O–H groups in total. The summed E-state index contributed by atoms with van der Waals surface area (Å²) in [6.07, 6.45) is 11.7. The first-order valence-corrected chi connectivity index (χ1v) is 9.26. The van der Waals surface area contributed by atoms with E-state index in [1.807, 2.05) is 0 Å². The van der Waals surface area contributed by atoms with Gasteiger partial charge in [0.1, 0.15) is 0 Å². The molecule has 0 aromatic carbocycles. The number of hydrogen-bond donors (Lipinski definition) is 0. The van der Waals surface area contributed by atoms with Crippen LogP contribution < -0.4 is 16.3 Å². The zero-order valence-corrected chi connectivity index (χ0v) is 15.7. The predicted octanol–water partition coefficient (Wildman–Crippen LogP) is 2.80. The van der Waals surface area contributed by atoms with Crippen molar-refractivity contribution in [2.24, 2.45) is 12.0 Å². The first kappa shape index (κ1) is 16.8. The molecule has 0 radical (unpaired) electrons. The Morgan fingerprint density at radius 2 is 2.17 bits per heavy atom. The fourth-order valence-electron chi connectivity index (χ4n) is 3.05. The number of hydrogen-bond acceptors (Lipinski definition) is 2. The van der Waals surface area contributed by atoms with Crippen molar-refractivity contribution in [1.29, 1.82) is 0 Å². The van der Waals surface area contributed by atoms with Gasteiger partial charge in [-0.05, 0) is 50.3 Å². The molecule has 1 aliphatic rings. The summed E-state index contributed by atoms with van der Waals surface area (Å²) in [4.78, 5) is 6.28. The van der Waals surface area contributed by atoms with Gasteiger partial charge in [-0.25, -0.2) is 4.99 Å². The summed E-state index contributed by atoms with van der Waals surface area (Å²) in [7, 11) is 2.09. The smallest absolute Gasteiger partial charge is 0.206 e. The Bertz CT molecular complexity index is 964. The third-order valence-electron chi connectivity index (χ3n) is 4.39. The second-order valence-electron chi connectivity index (χ2n) is 6.51. The van der Waals surface area contributed by atoms with Crippen LogP contribution in [0.5, 0.6) is 0 Å². The van der Waals surface area contributed by atoms with Crippen LogP contribution in [-0.2, 0) is 7.05 Å². The van der Waals surface area contributed by atoms with E-state index in [1.165, 1.54) is 10.4 Å². The highest BCUT2D eigenvalue weighted by atomic mass is 32.1. The Kier molecular flexibility index (Phi) is 4.76. The lowest BCUT2D eigenvalue weighted by molar-refractivity contribution is 0.534. The second-order valence-corrected chi connectivity index (χ2v) is 7.46. The molecule has 2 aromatic heterocycles. The van der Waals surface area contributed by atoms with Gasteiger partial charge >= 0.3 is 0 Å². The molecule has 1 aliphatic carbocycles. The van der Waals surface area contributed by atoms with Crippen molar-refractivity contribution < 1.29 is 0 Å². The standard InChI is InChI=1S/C20H25N3S/c1-14(2)23-16(4)18(13-19-15(3)11-12-24-19)22(5)20(23)21-17-9-7-6-8-10-17/h6-9,11-14,17H,4,10H2,1-3,5H3/b18-13-,21-20?. The maximum Gasteiger partial charge on any atom is 0.206 e. The van der Waals surface area contributed by atoms with Crippen LogP contribution in [0.4, 0.5) is 0 Å². The number of imidazole rings is 1. The molecular weight excluding hydrogens is 314 g/mol. The minimum absolute atomic E-state index is 0.198. The van der Waals surface area contributed by atoms with E-state index in [2.05, 4.69) is 85.4 Å². The summed E-state index contributed by atoms with van der Waals surface area (Å²) in [6.45, 7) is 10.9. The van der Waals surface area contributed by atoms with Crippen LogP contribution in [0.2, 0.25) is 0 Å². The molecule has 0 aliphatic heterocycles. The largest absolute Gasteiger partial charge is 0.313 e. The molecule has 2 aromatic rings. The van der Waals surface area contributed by atoms with E-state index in [4.69, 9.17) is 4.99 Å². The topological polar surface area (TPSA) is 22.2 Å². The van der Waals surface area contributed by atoms with Gasteiger partial charge in [0, 0.05) is 18.0 Å². The van der Waals surface area contributed by atoms with Gasteiger partial charge in [0.25, 0.3) is 0 Å². The highest BCUT2D eigenvalue weighted by Gasteiger charge is 2.11. The highest BCUT2D eigenvalue weighted by Crippen LogP contribution is 2.15. The van der Waals surface area contributed by atoms with Crippen LogP contribution in [0, 0.1) is 6.92 Å². The van der Waals surface area contributed by atoms with Crippen LogP contribution in [0.25, 0.3) is 12.7 Å². The third-order valence-corrected chi connectivity index (χ3v) is 5.35. The third kappa shape index (κ3) is 3.11. The zero-order valence-electron chi connectivity index (χ0n) is 14.9. The van der Waals surface area contributed by atoms with Gasteiger partial charge < -0.3 is 9.13 Å². The van der Waals surface area contributed by atoms with E-state index in [0.29, 0.717) is 6.04 Å². The average molecular weight is 340 g/mol. The molecule has 0 spiro atoms. The summed E-state index contributed by atoms with van der Waals surface area (Å²) >= 11 is 1.76. The van der Waals surface area contributed by atoms with Gasteiger partial charge in [-0.2, -0.15) is 0 Å². The quantitative estimate of drug-likeness (QED) is 0.821. The van der Waals surface area contributed by atoms with E-state index in [0.717, 1.165) is 22.7 Å². The van der Waals surface area contributed by atoms with Crippen molar-refractivity contribution in [2.45, 2.75) is 39.3 Å². The molecule has 24 heavy (non-hydrogen) atoms. The summed E-state index contributed by atoms with van der Waals surface area (Å²) < 4.78 is 4.41. The van der Waals surface area contributed by atoms with Crippen molar-refractivity contribution in [3.05, 3.63) is 62.5 Å². The van der Waals surface area contributed by atoms with Gasteiger partial charge in [-0.1, -0.05) is 30.9 Å². The fraction of sp³-hybridized carbons (Fsp3) is 0.350. The van der Waals surface area contributed by atoms with Gasteiger partial charge in [-0.3, -0.25) is 0 Å². The SMILES string of the molecule is C=c1/c(=C/c2sccc2C)n(C)c(=NC2C=CC=CC2)n1C(C)C. The molecule has 1 unspecified atom stereocenters. The molecular formula is C20H25N3S. The minimum atomic E-state index is 0.198. The molecule has 0 saturated carbocycles. The van der Waals surface area contributed by atoms with Crippen LogP contribution in [0.15, 0.2) is 40.7 Å². The van der Waals surface area contributed by atoms with Crippen LogP contribution in [-0.4, -0.2) is 15.2 Å². The van der Waals surface area contributed by atoms with Crippen LogP contribution in [0.3, 0.4) is 0 Å². The second kappa shape index (κ2) is 6.81. The molecule has 4 heteroatoms. The molecule has 0 saturated heterocycles. The lowest BCUT2D eigenvalue weighted by Crippen LogP contribution is -2.33. The van der Waals surface area contributed by atoms with Gasteiger partial charge in [-0.15, -0.1) is 11.3 Å². The average Bonchev–Trinajstić information content (AvgIpc) is 3.05.